The lowest BCUT2D eigenvalue weighted by Crippen LogP contribution is -2.37. The summed E-state index contributed by atoms with van der Waals surface area (Å²) in [4.78, 5) is 2.55. The van der Waals surface area contributed by atoms with Crippen molar-refractivity contribution in [1.82, 2.24) is 10.2 Å². The molecule has 1 unspecified atom stereocenters. The molecular formula is C16H26N2O. The summed E-state index contributed by atoms with van der Waals surface area (Å²) in [5.74, 6) is 0.967. The normalized spacial score (nSPS) is 17.6. The van der Waals surface area contributed by atoms with E-state index in [4.69, 9.17) is 4.74 Å². The Kier molecular flexibility index (Phi) is 5.23. The third-order valence-electron chi connectivity index (χ3n) is 3.84. The van der Waals surface area contributed by atoms with E-state index in [1.54, 1.807) is 7.11 Å². The SMILES string of the molecule is COc1ccc(CNC(C)CN2CCCC2)cc1C. The number of likely N-dealkylation sites (tertiary alicyclic amines) is 1. The Morgan fingerprint density at radius 2 is 2.05 bits per heavy atom. The number of benzene rings is 1. The lowest BCUT2D eigenvalue weighted by molar-refractivity contribution is 0.298. The third kappa shape index (κ3) is 4.22. The zero-order valence-electron chi connectivity index (χ0n) is 12.4. The molecule has 1 heterocycles. The summed E-state index contributed by atoms with van der Waals surface area (Å²) in [5, 5.41) is 3.61. The highest BCUT2D eigenvalue weighted by Crippen LogP contribution is 2.18. The first-order chi connectivity index (χ1) is 9.19. The van der Waals surface area contributed by atoms with Crippen LogP contribution in [0.2, 0.25) is 0 Å². The minimum absolute atomic E-state index is 0.542. The average molecular weight is 262 g/mol. The van der Waals surface area contributed by atoms with Crippen molar-refractivity contribution in [2.75, 3.05) is 26.7 Å². The van der Waals surface area contributed by atoms with Crippen LogP contribution >= 0.6 is 0 Å². The highest BCUT2D eigenvalue weighted by Gasteiger charge is 2.14. The molecule has 3 nitrogen and oxygen atoms in total. The van der Waals surface area contributed by atoms with Gasteiger partial charge in [-0.1, -0.05) is 12.1 Å². The van der Waals surface area contributed by atoms with Gasteiger partial charge in [0.25, 0.3) is 0 Å². The minimum Gasteiger partial charge on any atom is -0.496 e. The average Bonchev–Trinajstić information content (AvgIpc) is 2.89. The summed E-state index contributed by atoms with van der Waals surface area (Å²) in [6, 6.07) is 6.94. The van der Waals surface area contributed by atoms with E-state index in [2.05, 4.69) is 42.3 Å². The van der Waals surface area contributed by atoms with Gasteiger partial charge >= 0.3 is 0 Å². The molecule has 0 bridgehead atoms. The van der Waals surface area contributed by atoms with E-state index in [-0.39, 0.29) is 0 Å². The summed E-state index contributed by atoms with van der Waals surface area (Å²) >= 11 is 0. The van der Waals surface area contributed by atoms with Crippen LogP contribution in [0.25, 0.3) is 0 Å². The van der Waals surface area contributed by atoms with Crippen LogP contribution in [-0.2, 0) is 6.54 Å². The second-order valence-corrected chi connectivity index (χ2v) is 5.59. The van der Waals surface area contributed by atoms with Gasteiger partial charge in [-0.15, -0.1) is 0 Å². The van der Waals surface area contributed by atoms with Gasteiger partial charge in [0, 0.05) is 19.1 Å². The molecule has 3 heteroatoms. The first-order valence-electron chi connectivity index (χ1n) is 7.28. The summed E-state index contributed by atoms with van der Waals surface area (Å²) in [7, 11) is 1.72. The maximum atomic E-state index is 5.29. The molecule has 0 aromatic heterocycles. The zero-order chi connectivity index (χ0) is 13.7. The number of methoxy groups -OCH3 is 1. The fourth-order valence-electron chi connectivity index (χ4n) is 2.76. The predicted molar refractivity (Wildman–Crippen MR) is 79.7 cm³/mol. The fraction of sp³-hybridized carbons (Fsp3) is 0.625. The predicted octanol–water partition coefficient (Wildman–Crippen LogP) is 2.58. The fourth-order valence-corrected chi connectivity index (χ4v) is 2.76. The van der Waals surface area contributed by atoms with Gasteiger partial charge in [-0.05, 0) is 57.0 Å². The molecule has 0 aliphatic carbocycles. The van der Waals surface area contributed by atoms with Crippen molar-refractivity contribution in [1.29, 1.82) is 0 Å². The molecule has 1 saturated heterocycles. The van der Waals surface area contributed by atoms with Crippen LogP contribution in [-0.4, -0.2) is 37.7 Å². The Morgan fingerprint density at radius 1 is 1.32 bits per heavy atom. The molecule has 0 saturated carbocycles. The quantitative estimate of drug-likeness (QED) is 0.853. The number of hydrogen-bond donors (Lipinski definition) is 1. The monoisotopic (exact) mass is 262 g/mol. The van der Waals surface area contributed by atoms with E-state index >= 15 is 0 Å². The molecule has 0 spiro atoms. The molecule has 0 amide bonds. The lowest BCUT2D eigenvalue weighted by atomic mass is 10.1. The van der Waals surface area contributed by atoms with E-state index in [0.717, 1.165) is 18.8 Å². The summed E-state index contributed by atoms with van der Waals surface area (Å²) in [5.41, 5.74) is 2.53. The van der Waals surface area contributed by atoms with Crippen LogP contribution in [0.1, 0.15) is 30.9 Å². The van der Waals surface area contributed by atoms with E-state index in [1.807, 2.05) is 0 Å². The number of rotatable bonds is 6. The highest BCUT2D eigenvalue weighted by molar-refractivity contribution is 5.36. The molecule has 1 aromatic rings. The Morgan fingerprint density at radius 3 is 2.68 bits per heavy atom. The number of ether oxygens (including phenoxy) is 1. The van der Waals surface area contributed by atoms with E-state index < -0.39 is 0 Å². The van der Waals surface area contributed by atoms with Gasteiger partial charge in [0.15, 0.2) is 0 Å². The maximum absolute atomic E-state index is 5.29. The van der Waals surface area contributed by atoms with Gasteiger partial charge in [0.1, 0.15) is 5.75 Å². The summed E-state index contributed by atoms with van der Waals surface area (Å²) in [6.45, 7) is 9.00. The number of aryl methyl sites for hydroxylation is 1. The van der Waals surface area contributed by atoms with E-state index in [9.17, 15) is 0 Å². The molecule has 19 heavy (non-hydrogen) atoms. The largest absolute Gasteiger partial charge is 0.496 e. The van der Waals surface area contributed by atoms with Crippen molar-refractivity contribution < 1.29 is 4.74 Å². The molecule has 2 rings (SSSR count). The molecule has 1 fully saturated rings. The lowest BCUT2D eigenvalue weighted by Gasteiger charge is -2.21. The van der Waals surface area contributed by atoms with Gasteiger partial charge in [-0.3, -0.25) is 0 Å². The van der Waals surface area contributed by atoms with Crippen molar-refractivity contribution in [2.45, 2.75) is 39.3 Å². The topological polar surface area (TPSA) is 24.5 Å². The highest BCUT2D eigenvalue weighted by atomic mass is 16.5. The first-order valence-corrected chi connectivity index (χ1v) is 7.28. The molecule has 1 atom stereocenters. The number of nitrogens with one attached hydrogen (secondary N) is 1. The molecule has 1 aliphatic rings. The second-order valence-electron chi connectivity index (χ2n) is 5.59. The zero-order valence-corrected chi connectivity index (χ0v) is 12.4. The summed E-state index contributed by atoms with van der Waals surface area (Å²) in [6.07, 6.45) is 2.73. The molecule has 0 radical (unpaired) electrons. The molecular weight excluding hydrogens is 236 g/mol. The van der Waals surface area contributed by atoms with Gasteiger partial charge in [0.2, 0.25) is 0 Å². The van der Waals surface area contributed by atoms with Gasteiger partial charge in [-0.2, -0.15) is 0 Å². The van der Waals surface area contributed by atoms with Crippen molar-refractivity contribution in [2.24, 2.45) is 0 Å². The van der Waals surface area contributed by atoms with Gasteiger partial charge in [0.05, 0.1) is 7.11 Å². The third-order valence-corrected chi connectivity index (χ3v) is 3.84. The molecule has 1 aliphatic heterocycles. The molecule has 1 aromatic carbocycles. The van der Waals surface area contributed by atoms with E-state index in [0.29, 0.717) is 6.04 Å². The van der Waals surface area contributed by atoms with Crippen LogP contribution in [0.4, 0.5) is 0 Å². The van der Waals surface area contributed by atoms with Crippen LogP contribution in [0.15, 0.2) is 18.2 Å². The molecule has 1 N–H and O–H groups in total. The number of hydrogen-bond acceptors (Lipinski definition) is 3. The Bertz CT molecular complexity index is 400. The van der Waals surface area contributed by atoms with Crippen LogP contribution < -0.4 is 10.1 Å². The maximum Gasteiger partial charge on any atom is 0.121 e. The number of nitrogens with zero attached hydrogens (tertiary/aromatic N) is 1. The summed E-state index contributed by atoms with van der Waals surface area (Å²) < 4.78 is 5.29. The van der Waals surface area contributed by atoms with Crippen LogP contribution in [0.3, 0.4) is 0 Å². The smallest absolute Gasteiger partial charge is 0.121 e. The Balaban J connectivity index is 1.79. The van der Waals surface area contributed by atoms with Crippen molar-refractivity contribution in [3.05, 3.63) is 29.3 Å². The van der Waals surface area contributed by atoms with Crippen molar-refractivity contribution >= 4 is 0 Å². The van der Waals surface area contributed by atoms with Crippen LogP contribution in [0, 0.1) is 6.92 Å². The van der Waals surface area contributed by atoms with Crippen LogP contribution in [0.5, 0.6) is 5.75 Å². The standard InChI is InChI=1S/C16H26N2O/c1-13-10-15(6-7-16(13)19-3)11-17-14(2)12-18-8-4-5-9-18/h6-7,10,14,17H,4-5,8-9,11-12H2,1-3H3. The van der Waals surface area contributed by atoms with Gasteiger partial charge < -0.3 is 15.0 Å². The molecule has 106 valence electrons. The Labute approximate surface area is 116 Å². The van der Waals surface area contributed by atoms with E-state index in [1.165, 1.54) is 37.1 Å². The Hall–Kier alpha value is -1.06. The minimum atomic E-state index is 0.542. The second kappa shape index (κ2) is 6.92. The van der Waals surface area contributed by atoms with Gasteiger partial charge in [-0.25, -0.2) is 0 Å². The van der Waals surface area contributed by atoms with Crippen molar-refractivity contribution in [3.8, 4) is 5.75 Å². The first kappa shape index (κ1) is 14.4. The van der Waals surface area contributed by atoms with Crippen molar-refractivity contribution in [3.63, 3.8) is 0 Å².